The first-order valence-corrected chi connectivity index (χ1v) is 10.0. The quantitative estimate of drug-likeness (QED) is 0.318. The average molecular weight is 468 g/mol. The molecule has 1 aromatic carbocycles. The Bertz CT molecular complexity index is 1120. The number of aryl methyl sites for hydroxylation is 1. The van der Waals surface area contributed by atoms with Gasteiger partial charge in [-0.2, -0.15) is 18.3 Å². The van der Waals surface area contributed by atoms with Crippen molar-refractivity contribution in [2.24, 2.45) is 0 Å². The molecule has 0 fully saturated rings. The van der Waals surface area contributed by atoms with Crippen molar-refractivity contribution in [2.45, 2.75) is 18.1 Å². The Kier molecular flexibility index (Phi) is 7.13. The number of rotatable bonds is 7. The van der Waals surface area contributed by atoms with E-state index in [0.29, 0.717) is 23.1 Å². The van der Waals surface area contributed by atoms with Crippen molar-refractivity contribution in [1.82, 2.24) is 14.8 Å². The normalized spacial score (nSPS) is 11.3. The summed E-state index contributed by atoms with van der Waals surface area (Å²) >= 11 is 0.347. The molecule has 3 rings (SSSR count). The molecule has 0 aliphatic rings. The number of anilines is 1. The second-order valence-corrected chi connectivity index (χ2v) is 7.41. The summed E-state index contributed by atoms with van der Waals surface area (Å²) in [5.41, 5.74) is 0.888. The summed E-state index contributed by atoms with van der Waals surface area (Å²) < 4.78 is 56.9. The number of amides is 1. The maximum Gasteiger partial charge on any atom is 0.398 e. The fourth-order valence-corrected chi connectivity index (χ4v) is 3.31. The Hall–Kier alpha value is -3.41. The lowest BCUT2D eigenvalue weighted by Crippen LogP contribution is -2.22. The lowest BCUT2D eigenvalue weighted by molar-refractivity contribution is -0.119. The van der Waals surface area contributed by atoms with Crippen LogP contribution in [-0.2, 0) is 9.53 Å². The number of pyridine rings is 1. The summed E-state index contributed by atoms with van der Waals surface area (Å²) in [5.74, 6) is -3.08. The number of nitrogens with zero attached hydrogens (tertiary/aromatic N) is 3. The van der Waals surface area contributed by atoms with E-state index in [2.05, 4.69) is 15.4 Å². The van der Waals surface area contributed by atoms with Gasteiger partial charge in [0.2, 0.25) is 0 Å². The van der Waals surface area contributed by atoms with Gasteiger partial charge in [-0.15, -0.1) is 0 Å². The van der Waals surface area contributed by atoms with Gasteiger partial charge in [-0.3, -0.25) is 4.79 Å². The molecule has 0 radical (unpaired) electrons. The van der Waals surface area contributed by atoms with Crippen LogP contribution < -0.4 is 5.32 Å². The summed E-state index contributed by atoms with van der Waals surface area (Å²) in [6.07, 6.45) is -3.18. The minimum absolute atomic E-state index is 0.153. The first-order chi connectivity index (χ1) is 15.1. The number of carbonyl (C=O) groups excluding carboxylic acids is 2. The SMILES string of the molecule is Cc1cc(NC(=O)COC(=O)c2cccnc2SCC(F)(F)F)n(-c2ccc(F)cc2)n1. The van der Waals surface area contributed by atoms with Crippen LogP contribution in [-0.4, -0.2) is 45.2 Å². The van der Waals surface area contributed by atoms with Gasteiger partial charge in [-0.25, -0.2) is 18.9 Å². The zero-order valence-corrected chi connectivity index (χ0v) is 17.3. The number of ether oxygens (including phenoxy) is 1. The Labute approximate surface area is 183 Å². The predicted octanol–water partition coefficient (Wildman–Crippen LogP) is 4.16. The molecule has 32 heavy (non-hydrogen) atoms. The lowest BCUT2D eigenvalue weighted by Gasteiger charge is -2.11. The van der Waals surface area contributed by atoms with E-state index < -0.39 is 36.2 Å². The molecule has 1 N–H and O–H groups in total. The molecule has 0 saturated carbocycles. The Morgan fingerprint density at radius 2 is 1.91 bits per heavy atom. The van der Waals surface area contributed by atoms with E-state index in [4.69, 9.17) is 4.74 Å². The van der Waals surface area contributed by atoms with Crippen molar-refractivity contribution >= 4 is 29.5 Å². The van der Waals surface area contributed by atoms with Crippen LogP contribution in [0.5, 0.6) is 0 Å². The van der Waals surface area contributed by atoms with E-state index in [-0.39, 0.29) is 16.4 Å². The standard InChI is InChI=1S/C20H16F4N4O3S/c1-12-9-16(28(27-12)14-6-4-13(21)5-7-14)26-17(29)10-31-19(30)15-3-2-8-25-18(15)32-11-20(22,23)24/h2-9H,10-11H2,1H3,(H,26,29). The number of aromatic nitrogens is 3. The van der Waals surface area contributed by atoms with E-state index >= 15 is 0 Å². The molecule has 0 aliphatic heterocycles. The number of benzene rings is 1. The summed E-state index contributed by atoms with van der Waals surface area (Å²) in [7, 11) is 0. The van der Waals surface area contributed by atoms with Gasteiger partial charge in [-0.1, -0.05) is 11.8 Å². The van der Waals surface area contributed by atoms with Crippen LogP contribution in [0.4, 0.5) is 23.4 Å². The first-order valence-electron chi connectivity index (χ1n) is 9.06. The van der Waals surface area contributed by atoms with Crippen LogP contribution in [0.25, 0.3) is 5.69 Å². The highest BCUT2D eigenvalue weighted by atomic mass is 32.2. The molecule has 2 aromatic heterocycles. The molecule has 0 bridgehead atoms. The van der Waals surface area contributed by atoms with Crippen LogP contribution in [0, 0.1) is 12.7 Å². The Morgan fingerprint density at radius 3 is 2.59 bits per heavy atom. The Morgan fingerprint density at radius 1 is 1.19 bits per heavy atom. The highest BCUT2D eigenvalue weighted by Gasteiger charge is 2.29. The van der Waals surface area contributed by atoms with Gasteiger partial charge in [0.1, 0.15) is 16.7 Å². The minimum atomic E-state index is -4.44. The number of hydrogen-bond acceptors (Lipinski definition) is 6. The Balaban J connectivity index is 1.64. The largest absolute Gasteiger partial charge is 0.452 e. The van der Waals surface area contributed by atoms with E-state index in [1.165, 1.54) is 47.3 Å². The van der Waals surface area contributed by atoms with Crippen LogP contribution in [0.3, 0.4) is 0 Å². The smallest absolute Gasteiger partial charge is 0.398 e. The molecule has 1 amide bonds. The zero-order chi connectivity index (χ0) is 23.3. The molecule has 0 atom stereocenters. The van der Waals surface area contributed by atoms with Gasteiger partial charge >= 0.3 is 12.1 Å². The topological polar surface area (TPSA) is 86.1 Å². The van der Waals surface area contributed by atoms with Gasteiger partial charge in [-0.05, 0) is 43.3 Å². The van der Waals surface area contributed by atoms with Gasteiger partial charge in [0.25, 0.3) is 5.91 Å². The third-order valence-corrected chi connectivity index (χ3v) is 4.94. The van der Waals surface area contributed by atoms with Gasteiger partial charge in [0.05, 0.1) is 22.7 Å². The fraction of sp³-hybridized carbons (Fsp3) is 0.200. The molecule has 12 heteroatoms. The number of esters is 1. The molecule has 7 nitrogen and oxygen atoms in total. The molecule has 168 valence electrons. The lowest BCUT2D eigenvalue weighted by atomic mass is 10.3. The maximum absolute atomic E-state index is 13.2. The van der Waals surface area contributed by atoms with E-state index in [9.17, 15) is 27.2 Å². The highest BCUT2D eigenvalue weighted by molar-refractivity contribution is 7.99. The highest BCUT2D eigenvalue weighted by Crippen LogP contribution is 2.28. The van der Waals surface area contributed by atoms with E-state index in [1.54, 1.807) is 13.0 Å². The summed E-state index contributed by atoms with van der Waals surface area (Å²) in [6, 6.07) is 9.62. The van der Waals surface area contributed by atoms with E-state index in [0.717, 1.165) is 0 Å². The second kappa shape index (κ2) is 9.81. The summed E-state index contributed by atoms with van der Waals surface area (Å²) in [6.45, 7) is 1.00. The third kappa shape index (κ3) is 6.30. The molecular weight excluding hydrogens is 452 g/mol. The number of nitrogens with one attached hydrogen (secondary N) is 1. The first kappa shape index (κ1) is 23.3. The molecule has 3 aromatic rings. The molecule has 0 aliphatic carbocycles. The number of carbonyl (C=O) groups is 2. The van der Waals surface area contributed by atoms with Crippen molar-refractivity contribution in [3.8, 4) is 5.69 Å². The zero-order valence-electron chi connectivity index (χ0n) is 16.5. The summed E-state index contributed by atoms with van der Waals surface area (Å²) in [5, 5.41) is 6.61. The monoisotopic (exact) mass is 468 g/mol. The van der Waals surface area contributed by atoms with Crippen molar-refractivity contribution in [3.05, 3.63) is 65.7 Å². The molecule has 0 spiro atoms. The number of alkyl halides is 3. The molecule has 0 unspecified atom stereocenters. The minimum Gasteiger partial charge on any atom is -0.452 e. The molecular formula is C20H16F4N4O3S. The molecule has 0 saturated heterocycles. The van der Waals surface area contributed by atoms with Gasteiger partial charge in [0, 0.05) is 12.3 Å². The maximum atomic E-state index is 13.2. The predicted molar refractivity (Wildman–Crippen MR) is 108 cm³/mol. The molecule has 2 heterocycles. The van der Waals surface area contributed by atoms with Crippen LogP contribution in [0.15, 0.2) is 53.7 Å². The van der Waals surface area contributed by atoms with E-state index in [1.807, 2.05) is 0 Å². The third-order valence-electron chi connectivity index (χ3n) is 3.87. The van der Waals surface area contributed by atoms with Gasteiger partial charge < -0.3 is 10.1 Å². The van der Waals surface area contributed by atoms with Crippen molar-refractivity contribution in [1.29, 1.82) is 0 Å². The van der Waals surface area contributed by atoms with Crippen LogP contribution in [0.2, 0.25) is 0 Å². The van der Waals surface area contributed by atoms with Crippen molar-refractivity contribution in [3.63, 3.8) is 0 Å². The van der Waals surface area contributed by atoms with Crippen LogP contribution in [0.1, 0.15) is 16.1 Å². The summed E-state index contributed by atoms with van der Waals surface area (Å²) in [4.78, 5) is 28.3. The average Bonchev–Trinajstić information content (AvgIpc) is 3.10. The van der Waals surface area contributed by atoms with Crippen molar-refractivity contribution < 1.29 is 31.9 Å². The van der Waals surface area contributed by atoms with Crippen LogP contribution >= 0.6 is 11.8 Å². The second-order valence-electron chi connectivity index (χ2n) is 6.44. The van der Waals surface area contributed by atoms with Crippen molar-refractivity contribution in [2.75, 3.05) is 17.7 Å². The number of halogens is 4. The number of thioether (sulfide) groups is 1. The van der Waals surface area contributed by atoms with Gasteiger partial charge in [0.15, 0.2) is 6.61 Å². The number of hydrogen-bond donors (Lipinski definition) is 1. The fourth-order valence-electron chi connectivity index (χ4n) is 2.57.